The van der Waals surface area contributed by atoms with E-state index in [0.717, 1.165) is 16.0 Å². The third kappa shape index (κ3) is 4.59. The number of carbonyl (C=O) groups excluding carboxylic acids is 3. The van der Waals surface area contributed by atoms with Crippen molar-refractivity contribution >= 4 is 17.8 Å². The zero-order chi connectivity index (χ0) is 16.0. The Morgan fingerprint density at radius 3 is 1.90 bits per heavy atom. The van der Waals surface area contributed by atoms with Gasteiger partial charge in [0.05, 0.1) is 14.2 Å². The summed E-state index contributed by atoms with van der Waals surface area (Å²) in [5.74, 6) is -1.62. The van der Waals surface area contributed by atoms with Crippen LogP contribution < -0.4 is 0 Å². The lowest BCUT2D eigenvalue weighted by atomic mass is 10.1. The molecule has 0 fully saturated rings. The SMILES string of the molecule is COC(=O)CN(CC(=O)OC)C(=O)c1ccc(C)c(C)c1. The first-order chi connectivity index (χ1) is 9.88. The van der Waals surface area contributed by atoms with E-state index in [1.807, 2.05) is 19.9 Å². The lowest BCUT2D eigenvalue weighted by molar-refractivity contribution is -0.144. The van der Waals surface area contributed by atoms with E-state index < -0.39 is 17.8 Å². The minimum Gasteiger partial charge on any atom is -0.468 e. The second kappa shape index (κ2) is 7.42. The highest BCUT2D eigenvalue weighted by Crippen LogP contribution is 2.12. The zero-order valence-electron chi connectivity index (χ0n) is 12.6. The minimum absolute atomic E-state index is 0.308. The maximum absolute atomic E-state index is 12.4. The molecule has 0 bridgehead atoms. The van der Waals surface area contributed by atoms with E-state index in [1.165, 1.54) is 14.2 Å². The number of benzene rings is 1. The minimum atomic E-state index is -0.601. The Morgan fingerprint density at radius 1 is 0.952 bits per heavy atom. The van der Waals surface area contributed by atoms with Crippen LogP contribution in [0.15, 0.2) is 18.2 Å². The molecule has 0 aliphatic carbocycles. The zero-order valence-corrected chi connectivity index (χ0v) is 12.6. The fraction of sp³-hybridized carbons (Fsp3) is 0.400. The van der Waals surface area contributed by atoms with E-state index in [4.69, 9.17) is 0 Å². The normalized spacial score (nSPS) is 9.90. The molecule has 0 aliphatic heterocycles. The van der Waals surface area contributed by atoms with Crippen molar-refractivity contribution in [3.05, 3.63) is 34.9 Å². The Balaban J connectivity index is 2.99. The molecule has 6 nitrogen and oxygen atoms in total. The Bertz CT molecular complexity index is 535. The van der Waals surface area contributed by atoms with Crippen LogP contribution >= 0.6 is 0 Å². The quantitative estimate of drug-likeness (QED) is 0.760. The van der Waals surface area contributed by atoms with E-state index in [0.29, 0.717) is 5.56 Å². The van der Waals surface area contributed by atoms with E-state index >= 15 is 0 Å². The number of aryl methyl sites for hydroxylation is 2. The number of hydrogen-bond donors (Lipinski definition) is 0. The molecule has 0 spiro atoms. The van der Waals surface area contributed by atoms with Crippen molar-refractivity contribution in [3.63, 3.8) is 0 Å². The van der Waals surface area contributed by atoms with E-state index in [-0.39, 0.29) is 13.1 Å². The van der Waals surface area contributed by atoms with Gasteiger partial charge >= 0.3 is 11.9 Å². The second-order valence-corrected chi connectivity index (χ2v) is 4.61. The van der Waals surface area contributed by atoms with Crippen LogP contribution in [0, 0.1) is 13.8 Å². The predicted octanol–water partition coefficient (Wildman–Crippen LogP) is 1.09. The lowest BCUT2D eigenvalue weighted by Crippen LogP contribution is -2.40. The molecule has 114 valence electrons. The van der Waals surface area contributed by atoms with Crippen molar-refractivity contribution in [1.29, 1.82) is 0 Å². The summed E-state index contributed by atoms with van der Waals surface area (Å²) >= 11 is 0. The number of esters is 2. The van der Waals surface area contributed by atoms with Gasteiger partial charge in [0.1, 0.15) is 13.1 Å². The Morgan fingerprint density at radius 2 is 1.48 bits per heavy atom. The first-order valence-electron chi connectivity index (χ1n) is 6.39. The van der Waals surface area contributed by atoms with Gasteiger partial charge in [-0.2, -0.15) is 0 Å². The van der Waals surface area contributed by atoms with Crippen LogP contribution in [-0.4, -0.2) is 50.1 Å². The van der Waals surface area contributed by atoms with Crippen LogP contribution in [0.25, 0.3) is 0 Å². The Kier molecular flexibility index (Phi) is 5.90. The first-order valence-corrected chi connectivity index (χ1v) is 6.39. The Labute approximate surface area is 123 Å². The van der Waals surface area contributed by atoms with Gasteiger partial charge in [-0.1, -0.05) is 6.07 Å². The molecule has 0 saturated carbocycles. The maximum Gasteiger partial charge on any atom is 0.325 e. The van der Waals surface area contributed by atoms with E-state index in [1.54, 1.807) is 12.1 Å². The van der Waals surface area contributed by atoms with Gasteiger partial charge in [0.25, 0.3) is 5.91 Å². The fourth-order valence-electron chi connectivity index (χ4n) is 1.70. The number of rotatable bonds is 5. The van der Waals surface area contributed by atoms with Crippen molar-refractivity contribution in [2.45, 2.75) is 13.8 Å². The van der Waals surface area contributed by atoms with E-state index in [2.05, 4.69) is 9.47 Å². The first kappa shape index (κ1) is 16.7. The number of ether oxygens (including phenoxy) is 2. The molecule has 1 aromatic carbocycles. The summed E-state index contributed by atoms with van der Waals surface area (Å²) in [5, 5.41) is 0. The summed E-state index contributed by atoms with van der Waals surface area (Å²) in [4.78, 5) is 36.3. The van der Waals surface area contributed by atoms with Gasteiger partial charge < -0.3 is 14.4 Å². The maximum atomic E-state index is 12.4. The summed E-state index contributed by atoms with van der Waals surface area (Å²) in [6.07, 6.45) is 0. The largest absolute Gasteiger partial charge is 0.468 e. The highest BCUT2D eigenvalue weighted by molar-refractivity contribution is 5.97. The van der Waals surface area contributed by atoms with Gasteiger partial charge in [-0.3, -0.25) is 14.4 Å². The van der Waals surface area contributed by atoms with Gasteiger partial charge in [-0.25, -0.2) is 0 Å². The average molecular weight is 293 g/mol. The molecule has 0 saturated heterocycles. The summed E-state index contributed by atoms with van der Waals surface area (Å²) < 4.78 is 9.08. The molecule has 0 aliphatic rings. The van der Waals surface area contributed by atoms with Gasteiger partial charge in [0.2, 0.25) is 0 Å². The van der Waals surface area contributed by atoms with E-state index in [9.17, 15) is 14.4 Å². The molecule has 0 radical (unpaired) electrons. The van der Waals surface area contributed by atoms with Gasteiger partial charge in [-0.05, 0) is 37.1 Å². The smallest absolute Gasteiger partial charge is 0.325 e. The number of hydrogen-bond acceptors (Lipinski definition) is 5. The lowest BCUT2D eigenvalue weighted by Gasteiger charge is -2.20. The fourth-order valence-corrected chi connectivity index (χ4v) is 1.70. The van der Waals surface area contributed by atoms with Gasteiger partial charge in [-0.15, -0.1) is 0 Å². The van der Waals surface area contributed by atoms with Crippen LogP contribution in [0.1, 0.15) is 21.5 Å². The number of nitrogens with zero attached hydrogens (tertiary/aromatic N) is 1. The van der Waals surface area contributed by atoms with Crippen molar-refractivity contribution < 1.29 is 23.9 Å². The van der Waals surface area contributed by atoms with Crippen molar-refractivity contribution in [2.75, 3.05) is 27.3 Å². The second-order valence-electron chi connectivity index (χ2n) is 4.61. The molecular weight excluding hydrogens is 274 g/mol. The van der Waals surface area contributed by atoms with Gasteiger partial charge in [0.15, 0.2) is 0 Å². The van der Waals surface area contributed by atoms with Crippen molar-refractivity contribution in [3.8, 4) is 0 Å². The summed E-state index contributed by atoms with van der Waals surface area (Å²) in [6.45, 7) is 3.20. The molecule has 1 amide bonds. The molecule has 1 aromatic rings. The number of carbonyl (C=O) groups is 3. The molecular formula is C15H19NO5. The highest BCUT2D eigenvalue weighted by atomic mass is 16.5. The molecule has 6 heteroatoms. The van der Waals surface area contributed by atoms with Crippen LogP contribution in [-0.2, 0) is 19.1 Å². The van der Waals surface area contributed by atoms with Crippen molar-refractivity contribution in [2.24, 2.45) is 0 Å². The molecule has 0 atom stereocenters. The van der Waals surface area contributed by atoms with Crippen LogP contribution in [0.5, 0.6) is 0 Å². The third-order valence-corrected chi connectivity index (χ3v) is 3.14. The molecule has 1 rings (SSSR count). The molecule has 0 heterocycles. The average Bonchev–Trinajstić information content (AvgIpc) is 2.48. The third-order valence-electron chi connectivity index (χ3n) is 3.14. The Hall–Kier alpha value is -2.37. The monoisotopic (exact) mass is 293 g/mol. The van der Waals surface area contributed by atoms with Crippen LogP contribution in [0.4, 0.5) is 0 Å². The summed E-state index contributed by atoms with van der Waals surface area (Å²) in [6, 6.07) is 5.20. The molecule has 21 heavy (non-hydrogen) atoms. The number of methoxy groups -OCH3 is 2. The summed E-state index contributed by atoms with van der Waals surface area (Å²) in [5.41, 5.74) is 2.42. The van der Waals surface area contributed by atoms with Crippen molar-refractivity contribution in [1.82, 2.24) is 4.90 Å². The number of amides is 1. The van der Waals surface area contributed by atoms with Crippen LogP contribution in [0.3, 0.4) is 0 Å². The standard InChI is InChI=1S/C15H19NO5/c1-10-5-6-12(7-11(10)2)15(19)16(8-13(17)20-3)9-14(18)21-4/h5-7H,8-9H2,1-4H3. The summed E-state index contributed by atoms with van der Waals surface area (Å²) in [7, 11) is 2.44. The predicted molar refractivity (Wildman–Crippen MR) is 75.9 cm³/mol. The van der Waals surface area contributed by atoms with Gasteiger partial charge in [0, 0.05) is 5.56 Å². The molecule has 0 unspecified atom stereocenters. The molecule has 0 aromatic heterocycles. The highest BCUT2D eigenvalue weighted by Gasteiger charge is 2.22. The molecule has 0 N–H and O–H groups in total. The topological polar surface area (TPSA) is 72.9 Å². The van der Waals surface area contributed by atoms with Crippen LogP contribution in [0.2, 0.25) is 0 Å².